The van der Waals surface area contributed by atoms with Crippen LogP contribution in [0, 0.1) is 0 Å². The minimum atomic E-state index is -0.506. The highest BCUT2D eigenvalue weighted by molar-refractivity contribution is 5.98. The molecule has 5 nitrogen and oxygen atoms in total. The first kappa shape index (κ1) is 23.0. The Morgan fingerprint density at radius 3 is 2.41 bits per heavy atom. The molecule has 0 spiro atoms. The second-order valence-corrected chi connectivity index (χ2v) is 7.60. The van der Waals surface area contributed by atoms with Crippen LogP contribution in [0.15, 0.2) is 91.5 Å². The Hall–Kier alpha value is -3.70. The van der Waals surface area contributed by atoms with E-state index in [9.17, 15) is 9.59 Å². The molecule has 0 bridgehead atoms. The molecule has 1 N–H and O–H groups in total. The van der Waals surface area contributed by atoms with E-state index in [0.717, 1.165) is 16.9 Å². The Kier molecular flexibility index (Phi) is 7.95. The maximum Gasteiger partial charge on any atom is 0.246 e. The monoisotopic (exact) mass is 428 g/mol. The van der Waals surface area contributed by atoms with Crippen LogP contribution >= 0.6 is 0 Å². The predicted octanol–water partition coefficient (Wildman–Crippen LogP) is 5.27. The number of Topliss-reactive ketones (excluding diaryl/α,β-unsaturated/α-hetero) is 1. The summed E-state index contributed by atoms with van der Waals surface area (Å²) >= 11 is 0. The summed E-state index contributed by atoms with van der Waals surface area (Å²) in [6.45, 7) is 6.19. The number of hydrogen-bond acceptors (Lipinski definition) is 4. The number of carbonyl (C=O) groups is 2. The largest absolute Gasteiger partial charge is 0.490 e. The van der Waals surface area contributed by atoms with Crippen LogP contribution in [-0.4, -0.2) is 30.2 Å². The molecule has 0 saturated heterocycles. The smallest absolute Gasteiger partial charge is 0.246 e. The van der Waals surface area contributed by atoms with Crippen molar-refractivity contribution in [2.24, 2.45) is 0 Å². The number of nitrogens with zero attached hydrogens (tertiary/aromatic N) is 1. The van der Waals surface area contributed by atoms with E-state index < -0.39 is 6.04 Å². The van der Waals surface area contributed by atoms with Gasteiger partial charge in [0.05, 0.1) is 0 Å². The molecule has 1 amide bonds. The van der Waals surface area contributed by atoms with Crippen molar-refractivity contribution in [1.29, 1.82) is 0 Å². The number of ketones is 1. The van der Waals surface area contributed by atoms with Crippen molar-refractivity contribution in [1.82, 2.24) is 4.90 Å². The van der Waals surface area contributed by atoms with E-state index in [0.29, 0.717) is 24.4 Å². The Morgan fingerprint density at radius 2 is 1.75 bits per heavy atom. The van der Waals surface area contributed by atoms with Crippen LogP contribution in [0.2, 0.25) is 0 Å². The average Bonchev–Trinajstić information content (AvgIpc) is 2.79. The molecule has 0 aromatic heterocycles. The van der Waals surface area contributed by atoms with Gasteiger partial charge in [0, 0.05) is 17.8 Å². The SMILES string of the molecule is C=CCOc1ccc(CN(C)C(C(=O)Nc2cccc(C(C)=O)c2)c2ccccc2)cc1. The number of nitrogens with one attached hydrogen (secondary N) is 1. The lowest BCUT2D eigenvalue weighted by Crippen LogP contribution is -2.34. The van der Waals surface area contributed by atoms with Crippen molar-refractivity contribution in [2.75, 3.05) is 19.0 Å². The lowest BCUT2D eigenvalue weighted by atomic mass is 10.0. The van der Waals surface area contributed by atoms with E-state index in [4.69, 9.17) is 4.74 Å². The van der Waals surface area contributed by atoms with Crippen LogP contribution in [-0.2, 0) is 11.3 Å². The third-order valence-electron chi connectivity index (χ3n) is 5.06. The minimum absolute atomic E-state index is 0.0432. The van der Waals surface area contributed by atoms with Gasteiger partial charge < -0.3 is 10.1 Å². The summed E-state index contributed by atoms with van der Waals surface area (Å²) in [5.41, 5.74) is 3.11. The molecule has 0 heterocycles. The van der Waals surface area contributed by atoms with Gasteiger partial charge in [-0.05, 0) is 49.4 Å². The molecule has 0 aliphatic heterocycles. The fourth-order valence-electron chi connectivity index (χ4n) is 3.49. The van der Waals surface area contributed by atoms with Crippen molar-refractivity contribution >= 4 is 17.4 Å². The van der Waals surface area contributed by atoms with Gasteiger partial charge in [-0.3, -0.25) is 14.5 Å². The zero-order chi connectivity index (χ0) is 22.9. The summed E-state index contributed by atoms with van der Waals surface area (Å²) in [6.07, 6.45) is 1.71. The van der Waals surface area contributed by atoms with Crippen LogP contribution < -0.4 is 10.1 Å². The van der Waals surface area contributed by atoms with Gasteiger partial charge in [-0.25, -0.2) is 0 Å². The maximum absolute atomic E-state index is 13.3. The van der Waals surface area contributed by atoms with Crippen molar-refractivity contribution in [2.45, 2.75) is 19.5 Å². The number of hydrogen-bond donors (Lipinski definition) is 1. The standard InChI is InChI=1S/C27H28N2O3/c1-4-17-32-25-15-13-21(14-16-25)19-29(3)26(22-9-6-5-7-10-22)27(31)28-24-12-8-11-23(18-24)20(2)30/h4-16,18,26H,1,17,19H2,2-3H3,(H,28,31). The first-order chi connectivity index (χ1) is 15.5. The van der Waals surface area contributed by atoms with Gasteiger partial charge in [0.15, 0.2) is 5.78 Å². The molecule has 3 aromatic carbocycles. The third-order valence-corrected chi connectivity index (χ3v) is 5.06. The van der Waals surface area contributed by atoms with E-state index >= 15 is 0 Å². The van der Waals surface area contributed by atoms with Crippen molar-refractivity contribution in [3.8, 4) is 5.75 Å². The fraction of sp³-hybridized carbons (Fsp3) is 0.185. The van der Waals surface area contributed by atoms with Gasteiger partial charge in [0.25, 0.3) is 0 Å². The van der Waals surface area contributed by atoms with Gasteiger partial charge in [-0.15, -0.1) is 0 Å². The Balaban J connectivity index is 1.79. The molecule has 0 aliphatic rings. The normalized spacial score (nSPS) is 11.6. The van der Waals surface area contributed by atoms with E-state index in [-0.39, 0.29) is 11.7 Å². The fourth-order valence-corrected chi connectivity index (χ4v) is 3.49. The molecule has 0 aliphatic carbocycles. The number of rotatable bonds is 10. The minimum Gasteiger partial charge on any atom is -0.490 e. The van der Waals surface area contributed by atoms with Crippen LogP contribution in [0.4, 0.5) is 5.69 Å². The molecule has 0 radical (unpaired) electrons. The quantitative estimate of drug-likeness (QED) is 0.353. The Morgan fingerprint density at radius 1 is 1.03 bits per heavy atom. The lowest BCUT2D eigenvalue weighted by Gasteiger charge is -2.28. The van der Waals surface area contributed by atoms with Crippen molar-refractivity contribution in [3.63, 3.8) is 0 Å². The molecule has 32 heavy (non-hydrogen) atoms. The van der Waals surface area contributed by atoms with Gasteiger partial charge in [0.1, 0.15) is 18.4 Å². The average molecular weight is 429 g/mol. The third kappa shape index (κ3) is 6.15. The highest BCUT2D eigenvalue weighted by Gasteiger charge is 2.25. The predicted molar refractivity (Wildman–Crippen MR) is 128 cm³/mol. The molecule has 3 rings (SSSR count). The topological polar surface area (TPSA) is 58.6 Å². The number of benzene rings is 3. The van der Waals surface area contributed by atoms with E-state index in [1.54, 1.807) is 30.3 Å². The number of ether oxygens (including phenoxy) is 1. The summed E-state index contributed by atoms with van der Waals surface area (Å²) < 4.78 is 5.54. The zero-order valence-corrected chi connectivity index (χ0v) is 18.5. The second kappa shape index (κ2) is 11.1. The van der Waals surface area contributed by atoms with E-state index in [1.165, 1.54) is 6.92 Å². The molecule has 1 unspecified atom stereocenters. The van der Waals surface area contributed by atoms with Crippen molar-refractivity contribution in [3.05, 3.63) is 108 Å². The highest BCUT2D eigenvalue weighted by atomic mass is 16.5. The molecule has 3 aromatic rings. The number of anilines is 1. The van der Waals surface area contributed by atoms with Crippen LogP contribution in [0.3, 0.4) is 0 Å². The molecule has 1 atom stereocenters. The lowest BCUT2D eigenvalue weighted by molar-refractivity contribution is -0.121. The summed E-state index contributed by atoms with van der Waals surface area (Å²) in [7, 11) is 1.92. The van der Waals surface area contributed by atoms with E-state index in [2.05, 4.69) is 11.9 Å². The van der Waals surface area contributed by atoms with Crippen LogP contribution in [0.25, 0.3) is 0 Å². The summed E-state index contributed by atoms with van der Waals surface area (Å²) in [6, 6.07) is 24.0. The summed E-state index contributed by atoms with van der Waals surface area (Å²) in [4.78, 5) is 27.0. The molecular formula is C27H28N2O3. The first-order valence-electron chi connectivity index (χ1n) is 10.5. The second-order valence-electron chi connectivity index (χ2n) is 7.60. The van der Waals surface area contributed by atoms with Gasteiger partial charge in [-0.2, -0.15) is 0 Å². The zero-order valence-electron chi connectivity index (χ0n) is 18.5. The van der Waals surface area contributed by atoms with Crippen LogP contribution in [0.5, 0.6) is 5.75 Å². The molecular weight excluding hydrogens is 400 g/mol. The molecule has 164 valence electrons. The van der Waals surface area contributed by atoms with Gasteiger partial charge in [-0.1, -0.05) is 67.3 Å². The van der Waals surface area contributed by atoms with Gasteiger partial charge in [0.2, 0.25) is 5.91 Å². The highest BCUT2D eigenvalue weighted by Crippen LogP contribution is 2.24. The summed E-state index contributed by atoms with van der Waals surface area (Å²) in [5, 5.41) is 2.97. The number of carbonyl (C=O) groups excluding carboxylic acids is 2. The van der Waals surface area contributed by atoms with Gasteiger partial charge >= 0.3 is 0 Å². The number of likely N-dealkylation sites (N-methyl/N-ethyl adjacent to an activating group) is 1. The number of amides is 1. The maximum atomic E-state index is 13.3. The Labute approximate surface area is 189 Å². The Bertz CT molecular complexity index is 1060. The van der Waals surface area contributed by atoms with Crippen LogP contribution in [0.1, 0.15) is 34.5 Å². The first-order valence-corrected chi connectivity index (χ1v) is 10.5. The molecule has 5 heteroatoms. The van der Waals surface area contributed by atoms with Crippen molar-refractivity contribution < 1.29 is 14.3 Å². The van der Waals surface area contributed by atoms with E-state index in [1.807, 2.05) is 66.5 Å². The molecule has 0 saturated carbocycles. The molecule has 0 fully saturated rings. The summed E-state index contributed by atoms with van der Waals surface area (Å²) in [5.74, 6) is 0.572.